The van der Waals surface area contributed by atoms with Gasteiger partial charge in [0.2, 0.25) is 5.91 Å². The van der Waals surface area contributed by atoms with Crippen LogP contribution in [0.4, 0.5) is 0 Å². The first kappa shape index (κ1) is 12.1. The maximum absolute atomic E-state index is 12.0. The molecule has 16 heavy (non-hydrogen) atoms. The van der Waals surface area contributed by atoms with E-state index >= 15 is 0 Å². The Hall–Kier alpha value is -0.320. The standard InChI is InChI=1S/C11H18ClNO3/c1-9(7-12)10(14)13-4-2-3-11(8-13)15-5-6-16-11/h9H,2-8H2,1H3. The number of hydrogen-bond acceptors (Lipinski definition) is 3. The van der Waals surface area contributed by atoms with Crippen molar-refractivity contribution in [2.75, 3.05) is 32.2 Å². The molecule has 1 unspecified atom stereocenters. The van der Waals surface area contributed by atoms with Crippen LogP contribution in [0.25, 0.3) is 0 Å². The van der Waals surface area contributed by atoms with Crippen molar-refractivity contribution in [2.45, 2.75) is 25.6 Å². The van der Waals surface area contributed by atoms with Crippen LogP contribution in [-0.2, 0) is 14.3 Å². The van der Waals surface area contributed by atoms with E-state index in [0.717, 1.165) is 19.4 Å². The normalized spacial score (nSPS) is 26.0. The van der Waals surface area contributed by atoms with Crippen LogP contribution < -0.4 is 0 Å². The van der Waals surface area contributed by atoms with E-state index in [2.05, 4.69) is 0 Å². The SMILES string of the molecule is CC(CCl)C(=O)N1CCCC2(C1)OCCO2. The molecule has 0 saturated carbocycles. The lowest BCUT2D eigenvalue weighted by Crippen LogP contribution is -2.52. The van der Waals surface area contributed by atoms with Gasteiger partial charge in [-0.25, -0.2) is 0 Å². The molecule has 0 aromatic rings. The van der Waals surface area contributed by atoms with Gasteiger partial charge in [-0.2, -0.15) is 0 Å². The van der Waals surface area contributed by atoms with Crippen molar-refractivity contribution in [2.24, 2.45) is 5.92 Å². The molecule has 1 atom stereocenters. The summed E-state index contributed by atoms with van der Waals surface area (Å²) in [5.41, 5.74) is 0. The number of carbonyl (C=O) groups is 1. The Balaban J connectivity index is 1.98. The van der Waals surface area contributed by atoms with Crippen LogP contribution in [0.5, 0.6) is 0 Å². The third-order valence-corrected chi connectivity index (χ3v) is 3.66. The Labute approximate surface area is 101 Å². The number of nitrogens with zero attached hydrogens (tertiary/aromatic N) is 1. The number of piperidine rings is 1. The zero-order valence-electron chi connectivity index (χ0n) is 9.58. The summed E-state index contributed by atoms with van der Waals surface area (Å²) in [6.45, 7) is 4.45. The third-order valence-electron chi connectivity index (χ3n) is 3.20. The molecule has 2 aliphatic rings. The van der Waals surface area contributed by atoms with Crippen molar-refractivity contribution < 1.29 is 14.3 Å². The summed E-state index contributed by atoms with van der Waals surface area (Å²) < 4.78 is 11.3. The van der Waals surface area contributed by atoms with E-state index in [9.17, 15) is 4.79 Å². The fraction of sp³-hybridized carbons (Fsp3) is 0.909. The summed E-state index contributed by atoms with van der Waals surface area (Å²) in [7, 11) is 0. The molecular weight excluding hydrogens is 230 g/mol. The molecule has 0 aromatic carbocycles. The highest BCUT2D eigenvalue weighted by Gasteiger charge is 2.42. The largest absolute Gasteiger partial charge is 0.346 e. The minimum atomic E-state index is -0.528. The average molecular weight is 248 g/mol. The van der Waals surface area contributed by atoms with Crippen LogP contribution >= 0.6 is 11.6 Å². The molecule has 2 fully saturated rings. The molecule has 0 radical (unpaired) electrons. The maximum Gasteiger partial charge on any atom is 0.226 e. The summed E-state index contributed by atoms with van der Waals surface area (Å²) in [6, 6.07) is 0. The van der Waals surface area contributed by atoms with Crippen LogP contribution in [0, 0.1) is 5.92 Å². The van der Waals surface area contributed by atoms with Gasteiger partial charge < -0.3 is 14.4 Å². The molecule has 2 saturated heterocycles. The molecule has 1 amide bonds. The fourth-order valence-electron chi connectivity index (χ4n) is 2.29. The predicted octanol–water partition coefficient (Wildman–Crippen LogP) is 1.23. The van der Waals surface area contributed by atoms with Gasteiger partial charge in [0.1, 0.15) is 0 Å². The summed E-state index contributed by atoms with van der Waals surface area (Å²) in [5.74, 6) is -0.185. The molecule has 92 valence electrons. The minimum absolute atomic E-state index is 0.105. The van der Waals surface area contributed by atoms with Gasteiger partial charge in [-0.1, -0.05) is 6.92 Å². The summed E-state index contributed by atoms with van der Waals surface area (Å²) in [6.07, 6.45) is 1.81. The van der Waals surface area contributed by atoms with Crippen LogP contribution in [0.2, 0.25) is 0 Å². The number of rotatable bonds is 2. The molecule has 0 bridgehead atoms. The quantitative estimate of drug-likeness (QED) is 0.689. The highest BCUT2D eigenvalue weighted by atomic mass is 35.5. The maximum atomic E-state index is 12.0. The topological polar surface area (TPSA) is 38.8 Å². The second-order valence-electron chi connectivity index (χ2n) is 4.53. The molecule has 2 heterocycles. The fourth-order valence-corrected chi connectivity index (χ4v) is 2.42. The summed E-state index contributed by atoms with van der Waals surface area (Å²) in [4.78, 5) is 13.8. The Morgan fingerprint density at radius 1 is 1.50 bits per heavy atom. The van der Waals surface area contributed by atoms with Gasteiger partial charge in [-0.15, -0.1) is 11.6 Å². The van der Waals surface area contributed by atoms with E-state index in [1.165, 1.54) is 0 Å². The van der Waals surface area contributed by atoms with Crippen molar-refractivity contribution in [1.82, 2.24) is 4.90 Å². The third kappa shape index (κ3) is 2.34. The first-order valence-corrected chi connectivity index (χ1v) is 6.33. The number of ether oxygens (including phenoxy) is 2. The van der Waals surface area contributed by atoms with E-state index < -0.39 is 5.79 Å². The number of amides is 1. The lowest BCUT2D eigenvalue weighted by molar-refractivity contribution is -0.194. The second kappa shape index (κ2) is 4.90. The van der Waals surface area contributed by atoms with E-state index in [4.69, 9.17) is 21.1 Å². The molecule has 0 aliphatic carbocycles. The second-order valence-corrected chi connectivity index (χ2v) is 4.83. The summed E-state index contributed by atoms with van der Waals surface area (Å²) >= 11 is 5.71. The van der Waals surface area contributed by atoms with Crippen molar-refractivity contribution in [3.8, 4) is 0 Å². The zero-order valence-corrected chi connectivity index (χ0v) is 10.3. The van der Waals surface area contributed by atoms with Gasteiger partial charge in [-0.05, 0) is 6.42 Å². The predicted molar refractivity (Wildman–Crippen MR) is 60.3 cm³/mol. The first-order valence-electron chi connectivity index (χ1n) is 5.79. The van der Waals surface area contributed by atoms with E-state index in [0.29, 0.717) is 25.6 Å². The number of alkyl halides is 1. The van der Waals surface area contributed by atoms with Crippen LogP contribution in [-0.4, -0.2) is 48.8 Å². The molecule has 2 aliphatic heterocycles. The molecule has 1 spiro atoms. The van der Waals surface area contributed by atoms with E-state index in [1.54, 1.807) is 0 Å². The molecule has 5 heteroatoms. The number of halogens is 1. The Bertz CT molecular complexity index is 266. The smallest absolute Gasteiger partial charge is 0.226 e. The highest BCUT2D eigenvalue weighted by molar-refractivity contribution is 6.19. The van der Waals surface area contributed by atoms with Gasteiger partial charge in [0.15, 0.2) is 5.79 Å². The van der Waals surface area contributed by atoms with Gasteiger partial charge in [0.05, 0.1) is 19.8 Å². The number of likely N-dealkylation sites (tertiary alicyclic amines) is 1. The Morgan fingerprint density at radius 2 is 2.19 bits per heavy atom. The zero-order chi connectivity index (χ0) is 11.6. The lowest BCUT2D eigenvalue weighted by Gasteiger charge is -2.39. The molecular formula is C11H18ClNO3. The first-order chi connectivity index (χ1) is 7.67. The van der Waals surface area contributed by atoms with Crippen molar-refractivity contribution >= 4 is 17.5 Å². The molecule has 0 N–H and O–H groups in total. The molecule has 2 rings (SSSR count). The Kier molecular flexibility index (Phi) is 3.72. The van der Waals surface area contributed by atoms with Crippen LogP contribution in [0.1, 0.15) is 19.8 Å². The minimum Gasteiger partial charge on any atom is -0.346 e. The lowest BCUT2D eigenvalue weighted by atomic mass is 10.0. The monoisotopic (exact) mass is 247 g/mol. The van der Waals surface area contributed by atoms with E-state index in [-0.39, 0.29) is 11.8 Å². The van der Waals surface area contributed by atoms with Gasteiger partial charge in [-0.3, -0.25) is 4.79 Å². The van der Waals surface area contributed by atoms with Gasteiger partial charge >= 0.3 is 0 Å². The molecule has 4 nitrogen and oxygen atoms in total. The van der Waals surface area contributed by atoms with Gasteiger partial charge in [0.25, 0.3) is 0 Å². The molecule has 0 aromatic heterocycles. The van der Waals surface area contributed by atoms with Crippen molar-refractivity contribution in [1.29, 1.82) is 0 Å². The van der Waals surface area contributed by atoms with Crippen LogP contribution in [0.15, 0.2) is 0 Å². The van der Waals surface area contributed by atoms with Crippen molar-refractivity contribution in [3.63, 3.8) is 0 Å². The van der Waals surface area contributed by atoms with Gasteiger partial charge in [0, 0.05) is 24.8 Å². The van der Waals surface area contributed by atoms with E-state index in [1.807, 2.05) is 11.8 Å². The number of carbonyl (C=O) groups excluding carboxylic acids is 1. The average Bonchev–Trinajstić information content (AvgIpc) is 2.75. The number of hydrogen-bond donors (Lipinski definition) is 0. The summed E-state index contributed by atoms with van der Waals surface area (Å²) in [5, 5.41) is 0. The Morgan fingerprint density at radius 3 is 2.81 bits per heavy atom. The van der Waals surface area contributed by atoms with Crippen LogP contribution in [0.3, 0.4) is 0 Å². The highest BCUT2D eigenvalue weighted by Crippen LogP contribution is 2.30. The van der Waals surface area contributed by atoms with Crippen molar-refractivity contribution in [3.05, 3.63) is 0 Å².